The number of hydrogen-bond acceptors (Lipinski definition) is 5. The molecule has 1 saturated carbocycles. The number of aryl methyl sites for hydroxylation is 1. The molecule has 3 rings (SSSR count). The summed E-state index contributed by atoms with van der Waals surface area (Å²) in [5.41, 5.74) is 1.20. The van der Waals surface area contributed by atoms with Crippen LogP contribution in [0.3, 0.4) is 0 Å². The number of amides is 1. The van der Waals surface area contributed by atoms with Gasteiger partial charge in [-0.05, 0) is 38.3 Å². The van der Waals surface area contributed by atoms with E-state index in [9.17, 15) is 9.59 Å². The molecule has 1 aromatic heterocycles. The summed E-state index contributed by atoms with van der Waals surface area (Å²) in [6, 6.07) is 6.95. The second kappa shape index (κ2) is 9.17. The fraction of sp³-hybridized carbons (Fsp3) is 0.500. The van der Waals surface area contributed by atoms with Gasteiger partial charge in [-0.1, -0.05) is 49.6 Å². The second-order valence-electron chi connectivity index (χ2n) is 7.14. The Morgan fingerprint density at radius 1 is 1.33 bits per heavy atom. The first kappa shape index (κ1) is 19.6. The van der Waals surface area contributed by atoms with E-state index in [1.165, 1.54) is 44.4 Å². The molecule has 0 radical (unpaired) electrons. The van der Waals surface area contributed by atoms with Gasteiger partial charge in [0, 0.05) is 17.7 Å². The van der Waals surface area contributed by atoms with Crippen LogP contribution in [0.2, 0.25) is 0 Å². The number of thioether (sulfide) groups is 1. The van der Waals surface area contributed by atoms with Crippen LogP contribution in [0.5, 0.6) is 0 Å². The third-order valence-electron chi connectivity index (χ3n) is 4.96. The molecule has 1 aliphatic carbocycles. The second-order valence-corrected chi connectivity index (χ2v) is 8.45. The average molecular weight is 387 g/mol. The minimum Gasteiger partial charge on any atom is -0.325 e. The molecule has 1 amide bonds. The standard InChI is InChI=1S/C20H26N4O2S/c1-13(25)16-8-5-9-17(12-16)21-19(26)14(2)27-20-22-18(23-24-20)11-10-15-6-3-4-7-15/h5,8-9,12,14-15H,3-4,6-7,10-11H2,1-2H3,(H,21,26)(H,22,23,24)/t14-/m1/s1. The van der Waals surface area contributed by atoms with Gasteiger partial charge in [-0.2, -0.15) is 0 Å². The molecule has 1 fully saturated rings. The van der Waals surface area contributed by atoms with Crippen LogP contribution in [0, 0.1) is 5.92 Å². The quantitative estimate of drug-likeness (QED) is 0.523. The molecule has 7 heteroatoms. The van der Waals surface area contributed by atoms with Crippen molar-refractivity contribution in [2.45, 2.75) is 62.8 Å². The molecule has 27 heavy (non-hydrogen) atoms. The Hall–Kier alpha value is -2.15. The van der Waals surface area contributed by atoms with Gasteiger partial charge in [0.25, 0.3) is 0 Å². The number of benzene rings is 1. The molecule has 1 atom stereocenters. The monoisotopic (exact) mass is 386 g/mol. The van der Waals surface area contributed by atoms with Crippen LogP contribution in [0.4, 0.5) is 5.69 Å². The van der Waals surface area contributed by atoms with E-state index in [2.05, 4.69) is 20.5 Å². The Morgan fingerprint density at radius 2 is 2.11 bits per heavy atom. The number of anilines is 1. The highest BCUT2D eigenvalue weighted by molar-refractivity contribution is 8.00. The summed E-state index contributed by atoms with van der Waals surface area (Å²) in [7, 11) is 0. The molecule has 0 saturated heterocycles. The van der Waals surface area contributed by atoms with Crippen LogP contribution in [0.15, 0.2) is 29.4 Å². The summed E-state index contributed by atoms with van der Waals surface area (Å²) in [5.74, 6) is 1.55. The Kier molecular flexibility index (Phi) is 6.66. The van der Waals surface area contributed by atoms with Crippen molar-refractivity contribution in [1.29, 1.82) is 0 Å². The van der Waals surface area contributed by atoms with E-state index < -0.39 is 0 Å². The van der Waals surface area contributed by atoms with Crippen molar-refractivity contribution in [1.82, 2.24) is 15.2 Å². The third-order valence-corrected chi connectivity index (χ3v) is 5.92. The zero-order chi connectivity index (χ0) is 19.2. The lowest BCUT2D eigenvalue weighted by Gasteiger charge is -2.10. The van der Waals surface area contributed by atoms with Gasteiger partial charge in [-0.25, -0.2) is 4.98 Å². The van der Waals surface area contributed by atoms with Gasteiger partial charge in [0.05, 0.1) is 5.25 Å². The van der Waals surface area contributed by atoms with Gasteiger partial charge < -0.3 is 5.32 Å². The fourth-order valence-corrected chi connectivity index (χ4v) is 4.10. The fourth-order valence-electron chi connectivity index (χ4n) is 3.35. The first-order valence-electron chi connectivity index (χ1n) is 9.51. The number of Topliss-reactive ketones (excluding diaryl/α,β-unsaturated/α-hetero) is 1. The van der Waals surface area contributed by atoms with Crippen molar-refractivity contribution < 1.29 is 9.59 Å². The van der Waals surface area contributed by atoms with E-state index in [-0.39, 0.29) is 16.9 Å². The molecule has 0 spiro atoms. The predicted molar refractivity (Wildman–Crippen MR) is 107 cm³/mol. The first-order chi connectivity index (χ1) is 13.0. The number of hydrogen-bond donors (Lipinski definition) is 2. The van der Waals surface area contributed by atoms with Crippen molar-refractivity contribution >= 4 is 29.1 Å². The smallest absolute Gasteiger partial charge is 0.237 e. The summed E-state index contributed by atoms with van der Waals surface area (Å²) in [4.78, 5) is 28.4. The van der Waals surface area contributed by atoms with E-state index in [0.717, 1.165) is 24.6 Å². The Bertz CT molecular complexity index is 799. The van der Waals surface area contributed by atoms with E-state index in [1.54, 1.807) is 24.3 Å². The van der Waals surface area contributed by atoms with E-state index in [4.69, 9.17) is 0 Å². The van der Waals surface area contributed by atoms with Crippen LogP contribution >= 0.6 is 11.8 Å². The first-order valence-corrected chi connectivity index (χ1v) is 10.4. The molecular formula is C20H26N4O2S. The maximum absolute atomic E-state index is 12.4. The molecule has 1 aliphatic rings. The highest BCUT2D eigenvalue weighted by atomic mass is 32.2. The number of aromatic nitrogens is 3. The van der Waals surface area contributed by atoms with Gasteiger partial charge >= 0.3 is 0 Å². The van der Waals surface area contributed by atoms with Crippen molar-refractivity contribution in [3.63, 3.8) is 0 Å². The topological polar surface area (TPSA) is 87.7 Å². The maximum atomic E-state index is 12.4. The Balaban J connectivity index is 1.50. The van der Waals surface area contributed by atoms with Crippen LogP contribution < -0.4 is 5.32 Å². The normalized spacial score (nSPS) is 15.6. The van der Waals surface area contributed by atoms with Crippen LogP contribution in [0.1, 0.15) is 62.1 Å². The molecule has 144 valence electrons. The average Bonchev–Trinajstić information content (AvgIpc) is 3.31. The highest BCUT2D eigenvalue weighted by Gasteiger charge is 2.19. The van der Waals surface area contributed by atoms with Crippen molar-refractivity contribution in [3.05, 3.63) is 35.7 Å². The maximum Gasteiger partial charge on any atom is 0.237 e. The van der Waals surface area contributed by atoms with Gasteiger partial charge in [0.1, 0.15) is 5.82 Å². The number of carbonyl (C=O) groups excluding carboxylic acids is 2. The van der Waals surface area contributed by atoms with Crippen LogP contribution in [0.25, 0.3) is 0 Å². The molecule has 0 bridgehead atoms. The van der Waals surface area contributed by atoms with E-state index in [1.807, 2.05) is 6.92 Å². The summed E-state index contributed by atoms with van der Waals surface area (Å²) in [5, 5.41) is 10.3. The zero-order valence-electron chi connectivity index (χ0n) is 15.8. The summed E-state index contributed by atoms with van der Waals surface area (Å²) < 4.78 is 0. The van der Waals surface area contributed by atoms with Crippen LogP contribution in [-0.2, 0) is 11.2 Å². The minimum absolute atomic E-state index is 0.0284. The molecule has 2 aromatic rings. The van der Waals surface area contributed by atoms with Crippen molar-refractivity contribution in [3.8, 4) is 0 Å². The minimum atomic E-state index is -0.343. The third kappa shape index (κ3) is 5.66. The number of carbonyl (C=O) groups is 2. The number of nitrogens with zero attached hydrogens (tertiary/aromatic N) is 2. The number of aromatic amines is 1. The number of rotatable bonds is 8. The number of nitrogens with one attached hydrogen (secondary N) is 2. The van der Waals surface area contributed by atoms with Crippen LogP contribution in [-0.4, -0.2) is 32.1 Å². The molecule has 2 N–H and O–H groups in total. The zero-order valence-corrected chi connectivity index (χ0v) is 16.6. The van der Waals surface area contributed by atoms with Crippen molar-refractivity contribution in [2.75, 3.05) is 5.32 Å². The summed E-state index contributed by atoms with van der Waals surface area (Å²) >= 11 is 1.33. The van der Waals surface area contributed by atoms with E-state index in [0.29, 0.717) is 16.4 Å². The van der Waals surface area contributed by atoms with Gasteiger partial charge in [0.15, 0.2) is 5.78 Å². The molecule has 6 nitrogen and oxygen atoms in total. The lowest BCUT2D eigenvalue weighted by atomic mass is 10.0. The number of H-pyrrole nitrogens is 1. The molecule has 0 unspecified atom stereocenters. The SMILES string of the molecule is CC(=O)c1cccc(NC(=O)[C@@H](C)Sc2n[nH]c(CCC3CCCC3)n2)c1. The van der Waals surface area contributed by atoms with Crippen molar-refractivity contribution in [2.24, 2.45) is 5.92 Å². The summed E-state index contributed by atoms with van der Waals surface area (Å²) in [6.07, 6.45) is 7.43. The molecule has 0 aliphatic heterocycles. The number of ketones is 1. The molecule has 1 heterocycles. The van der Waals surface area contributed by atoms with E-state index >= 15 is 0 Å². The lowest BCUT2D eigenvalue weighted by Crippen LogP contribution is -2.22. The molecule has 1 aromatic carbocycles. The van der Waals surface area contributed by atoms with Gasteiger partial charge in [-0.3, -0.25) is 14.7 Å². The summed E-state index contributed by atoms with van der Waals surface area (Å²) in [6.45, 7) is 3.33. The largest absolute Gasteiger partial charge is 0.325 e. The highest BCUT2D eigenvalue weighted by Crippen LogP contribution is 2.28. The lowest BCUT2D eigenvalue weighted by molar-refractivity contribution is -0.115. The predicted octanol–water partition coefficient (Wildman–Crippen LogP) is 4.25. The molecular weight excluding hydrogens is 360 g/mol. The van der Waals surface area contributed by atoms with Gasteiger partial charge in [-0.15, -0.1) is 5.10 Å². The Morgan fingerprint density at radius 3 is 2.85 bits per heavy atom. The van der Waals surface area contributed by atoms with Gasteiger partial charge in [0.2, 0.25) is 11.1 Å². The Labute approximate surface area is 163 Å².